The Kier molecular flexibility index (Phi) is 2.03. The second kappa shape index (κ2) is 3.06. The van der Waals surface area contributed by atoms with Gasteiger partial charge < -0.3 is 5.11 Å². The summed E-state index contributed by atoms with van der Waals surface area (Å²) in [5.74, 6) is 2.70. The van der Waals surface area contributed by atoms with Crippen LogP contribution in [-0.4, -0.2) is 5.11 Å². The molecule has 1 nitrogen and oxygen atoms in total. The summed E-state index contributed by atoms with van der Waals surface area (Å²) in [6.07, 6.45) is 1.29. The molecule has 0 aliphatic heterocycles. The van der Waals surface area contributed by atoms with Crippen molar-refractivity contribution in [1.82, 2.24) is 0 Å². The van der Waals surface area contributed by atoms with Crippen LogP contribution in [0.5, 0.6) is 5.75 Å². The molecule has 0 aromatic heterocycles. The molecule has 70 valence electrons. The molecule has 0 saturated heterocycles. The van der Waals surface area contributed by atoms with Crippen LogP contribution in [0.2, 0.25) is 0 Å². The summed E-state index contributed by atoms with van der Waals surface area (Å²) in [7, 11) is 0. The Hall–Kier alpha value is -0.980. The number of aromatic hydroxyl groups is 1. The highest BCUT2D eigenvalue weighted by atomic mass is 16.3. The number of rotatable bonds is 2. The lowest BCUT2D eigenvalue weighted by molar-refractivity contribution is 0.474. The second-order valence-corrected chi connectivity index (χ2v) is 4.35. The molecule has 2 rings (SSSR count). The average molecular weight is 176 g/mol. The Morgan fingerprint density at radius 1 is 1.38 bits per heavy atom. The van der Waals surface area contributed by atoms with Gasteiger partial charge in [-0.2, -0.15) is 0 Å². The van der Waals surface area contributed by atoms with E-state index in [0.29, 0.717) is 11.7 Å². The standard InChI is InChI=1S/C12H16O/c1-8(2)11-7-12(11)9-4-3-5-10(13)6-9/h3-6,8,11-13H,7H2,1-2H3. The lowest BCUT2D eigenvalue weighted by atomic mass is 10.0. The van der Waals surface area contributed by atoms with Crippen LogP contribution in [0.1, 0.15) is 31.7 Å². The molecule has 0 heterocycles. The van der Waals surface area contributed by atoms with Gasteiger partial charge in [-0.25, -0.2) is 0 Å². The number of phenols is 1. The smallest absolute Gasteiger partial charge is 0.115 e. The van der Waals surface area contributed by atoms with Crippen LogP contribution in [-0.2, 0) is 0 Å². The van der Waals surface area contributed by atoms with Crippen molar-refractivity contribution in [3.05, 3.63) is 29.8 Å². The van der Waals surface area contributed by atoms with Crippen molar-refractivity contribution in [2.24, 2.45) is 11.8 Å². The first-order chi connectivity index (χ1) is 6.18. The van der Waals surface area contributed by atoms with Gasteiger partial charge in [0.05, 0.1) is 0 Å². The van der Waals surface area contributed by atoms with Gasteiger partial charge in [-0.05, 0) is 41.9 Å². The van der Waals surface area contributed by atoms with Crippen LogP contribution >= 0.6 is 0 Å². The van der Waals surface area contributed by atoms with E-state index in [4.69, 9.17) is 0 Å². The minimum Gasteiger partial charge on any atom is -0.508 e. The SMILES string of the molecule is CC(C)C1CC1c1cccc(O)c1. The van der Waals surface area contributed by atoms with Crippen LogP contribution in [0.3, 0.4) is 0 Å². The summed E-state index contributed by atoms with van der Waals surface area (Å²) >= 11 is 0. The molecular formula is C12H16O. The highest BCUT2D eigenvalue weighted by Crippen LogP contribution is 2.51. The van der Waals surface area contributed by atoms with Crippen molar-refractivity contribution in [2.45, 2.75) is 26.2 Å². The van der Waals surface area contributed by atoms with Gasteiger partial charge in [0.1, 0.15) is 5.75 Å². The van der Waals surface area contributed by atoms with Crippen LogP contribution in [0.15, 0.2) is 24.3 Å². The third kappa shape index (κ3) is 1.69. The predicted molar refractivity (Wildman–Crippen MR) is 53.8 cm³/mol. The van der Waals surface area contributed by atoms with E-state index in [0.717, 1.165) is 11.8 Å². The molecule has 13 heavy (non-hydrogen) atoms. The summed E-state index contributed by atoms with van der Waals surface area (Å²) in [4.78, 5) is 0. The minimum absolute atomic E-state index is 0.395. The molecule has 0 bridgehead atoms. The number of phenolic OH excluding ortho intramolecular Hbond substituents is 1. The zero-order chi connectivity index (χ0) is 9.42. The van der Waals surface area contributed by atoms with E-state index in [1.54, 1.807) is 6.07 Å². The van der Waals surface area contributed by atoms with Gasteiger partial charge in [0.2, 0.25) is 0 Å². The lowest BCUT2D eigenvalue weighted by Crippen LogP contribution is -1.91. The van der Waals surface area contributed by atoms with E-state index < -0.39 is 0 Å². The van der Waals surface area contributed by atoms with Gasteiger partial charge in [-0.3, -0.25) is 0 Å². The van der Waals surface area contributed by atoms with Gasteiger partial charge in [-0.15, -0.1) is 0 Å². The Bertz CT molecular complexity index is 304. The fourth-order valence-corrected chi connectivity index (χ4v) is 2.09. The molecule has 1 aliphatic rings. The Balaban J connectivity index is 2.12. The van der Waals surface area contributed by atoms with Crippen molar-refractivity contribution in [2.75, 3.05) is 0 Å². The van der Waals surface area contributed by atoms with Crippen molar-refractivity contribution in [1.29, 1.82) is 0 Å². The van der Waals surface area contributed by atoms with E-state index in [1.165, 1.54) is 12.0 Å². The maximum atomic E-state index is 9.31. The third-order valence-corrected chi connectivity index (χ3v) is 2.99. The fraction of sp³-hybridized carbons (Fsp3) is 0.500. The Labute approximate surface area is 79.4 Å². The number of hydrogen-bond donors (Lipinski definition) is 1. The van der Waals surface area contributed by atoms with Crippen molar-refractivity contribution in [3.8, 4) is 5.75 Å². The molecular weight excluding hydrogens is 160 g/mol. The van der Waals surface area contributed by atoms with Crippen LogP contribution in [0.4, 0.5) is 0 Å². The van der Waals surface area contributed by atoms with Crippen LogP contribution < -0.4 is 0 Å². The molecule has 2 atom stereocenters. The molecule has 1 fully saturated rings. The molecule has 0 spiro atoms. The molecule has 1 saturated carbocycles. The molecule has 1 heteroatoms. The second-order valence-electron chi connectivity index (χ2n) is 4.35. The quantitative estimate of drug-likeness (QED) is 0.734. The van der Waals surface area contributed by atoms with E-state index in [-0.39, 0.29) is 0 Å². The normalized spacial score (nSPS) is 26.4. The molecule has 1 aromatic carbocycles. The van der Waals surface area contributed by atoms with E-state index in [1.807, 2.05) is 12.1 Å². The largest absolute Gasteiger partial charge is 0.508 e. The van der Waals surface area contributed by atoms with Crippen LogP contribution in [0, 0.1) is 11.8 Å². The van der Waals surface area contributed by atoms with E-state index in [2.05, 4.69) is 19.9 Å². The first kappa shape index (κ1) is 8.61. The van der Waals surface area contributed by atoms with Gasteiger partial charge in [0.25, 0.3) is 0 Å². The molecule has 2 unspecified atom stereocenters. The first-order valence-electron chi connectivity index (χ1n) is 4.97. The first-order valence-corrected chi connectivity index (χ1v) is 4.97. The highest BCUT2D eigenvalue weighted by Gasteiger charge is 2.40. The third-order valence-electron chi connectivity index (χ3n) is 2.99. The zero-order valence-corrected chi connectivity index (χ0v) is 8.20. The van der Waals surface area contributed by atoms with Crippen molar-refractivity contribution >= 4 is 0 Å². The molecule has 0 radical (unpaired) electrons. The molecule has 0 amide bonds. The minimum atomic E-state index is 0.395. The Morgan fingerprint density at radius 3 is 2.69 bits per heavy atom. The molecule has 1 aromatic rings. The topological polar surface area (TPSA) is 20.2 Å². The van der Waals surface area contributed by atoms with E-state index >= 15 is 0 Å². The monoisotopic (exact) mass is 176 g/mol. The zero-order valence-electron chi connectivity index (χ0n) is 8.20. The Morgan fingerprint density at radius 2 is 2.15 bits per heavy atom. The average Bonchev–Trinajstić information content (AvgIpc) is 2.82. The van der Waals surface area contributed by atoms with Gasteiger partial charge >= 0.3 is 0 Å². The summed E-state index contributed by atoms with van der Waals surface area (Å²) in [5.41, 5.74) is 1.30. The summed E-state index contributed by atoms with van der Waals surface area (Å²) in [5, 5.41) is 9.31. The van der Waals surface area contributed by atoms with Gasteiger partial charge in [-0.1, -0.05) is 26.0 Å². The fourth-order valence-electron chi connectivity index (χ4n) is 2.09. The van der Waals surface area contributed by atoms with Crippen molar-refractivity contribution in [3.63, 3.8) is 0 Å². The highest BCUT2D eigenvalue weighted by molar-refractivity contribution is 5.33. The maximum absolute atomic E-state index is 9.31. The van der Waals surface area contributed by atoms with E-state index in [9.17, 15) is 5.11 Å². The van der Waals surface area contributed by atoms with Gasteiger partial charge in [0, 0.05) is 0 Å². The summed E-state index contributed by atoms with van der Waals surface area (Å²) in [6, 6.07) is 7.68. The van der Waals surface area contributed by atoms with Gasteiger partial charge in [0.15, 0.2) is 0 Å². The summed E-state index contributed by atoms with van der Waals surface area (Å²) < 4.78 is 0. The number of hydrogen-bond acceptors (Lipinski definition) is 1. The lowest BCUT2D eigenvalue weighted by Gasteiger charge is -2.03. The predicted octanol–water partition coefficient (Wildman–Crippen LogP) is 3.15. The number of benzene rings is 1. The van der Waals surface area contributed by atoms with Crippen molar-refractivity contribution < 1.29 is 5.11 Å². The maximum Gasteiger partial charge on any atom is 0.115 e. The summed E-state index contributed by atoms with van der Waals surface area (Å²) in [6.45, 7) is 4.54. The van der Waals surface area contributed by atoms with Crippen LogP contribution in [0.25, 0.3) is 0 Å². The molecule has 1 aliphatic carbocycles. The molecule has 1 N–H and O–H groups in total.